The van der Waals surface area contributed by atoms with Gasteiger partial charge in [0.25, 0.3) is 0 Å². The van der Waals surface area contributed by atoms with Crippen LogP contribution in [0, 0.1) is 5.41 Å². The number of nitrogens with zero attached hydrogens (tertiary/aromatic N) is 3. The third-order valence-corrected chi connectivity index (χ3v) is 3.15. The summed E-state index contributed by atoms with van der Waals surface area (Å²) in [7, 11) is 0. The molecule has 1 fully saturated rings. The third kappa shape index (κ3) is 2.33. The highest BCUT2D eigenvalue weighted by Crippen LogP contribution is 2.32. The van der Waals surface area contributed by atoms with Gasteiger partial charge in [-0.2, -0.15) is 0 Å². The Hall–Kier alpha value is -1.78. The quantitative estimate of drug-likeness (QED) is 0.351. The average Bonchev–Trinajstić information content (AvgIpc) is 2.68. The van der Waals surface area contributed by atoms with E-state index in [2.05, 4.69) is 28.9 Å². The molecule has 5 nitrogen and oxygen atoms in total. The van der Waals surface area contributed by atoms with E-state index in [-0.39, 0.29) is 5.84 Å². The number of amidine groups is 1. The summed E-state index contributed by atoms with van der Waals surface area (Å²) in [5.41, 5.74) is 6.64. The number of hydrogen-bond acceptors (Lipinski definition) is 4. The molecule has 0 bridgehead atoms. The molecule has 2 heterocycles. The number of hydrogen-bond donors (Lipinski definition) is 2. The van der Waals surface area contributed by atoms with Crippen molar-refractivity contribution in [3.05, 3.63) is 23.9 Å². The average molecular weight is 234 g/mol. The summed E-state index contributed by atoms with van der Waals surface area (Å²) in [4.78, 5) is 6.54. The Bertz CT molecular complexity index is 442. The van der Waals surface area contributed by atoms with Crippen LogP contribution in [-0.4, -0.2) is 29.1 Å². The molecule has 5 heteroatoms. The van der Waals surface area contributed by atoms with Crippen LogP contribution in [0.4, 0.5) is 5.82 Å². The minimum atomic E-state index is 0.109. The first-order valence-corrected chi connectivity index (χ1v) is 5.71. The summed E-state index contributed by atoms with van der Waals surface area (Å²) >= 11 is 0. The van der Waals surface area contributed by atoms with Crippen molar-refractivity contribution in [1.82, 2.24) is 4.98 Å². The zero-order chi connectivity index (χ0) is 12.5. The van der Waals surface area contributed by atoms with Gasteiger partial charge in [0.2, 0.25) is 0 Å². The molecule has 0 atom stereocenters. The molecule has 0 amide bonds. The summed E-state index contributed by atoms with van der Waals surface area (Å²) in [5, 5.41) is 11.8. The molecule has 1 aromatic heterocycles. The molecule has 0 radical (unpaired) electrons. The number of rotatable bonds is 2. The normalized spacial score (nSPS) is 19.6. The van der Waals surface area contributed by atoms with Crippen molar-refractivity contribution in [2.75, 3.05) is 18.0 Å². The van der Waals surface area contributed by atoms with Crippen molar-refractivity contribution in [3.63, 3.8) is 0 Å². The van der Waals surface area contributed by atoms with Crippen LogP contribution in [0.5, 0.6) is 0 Å². The Balaban J connectivity index is 2.33. The van der Waals surface area contributed by atoms with Crippen molar-refractivity contribution in [1.29, 1.82) is 0 Å². The van der Waals surface area contributed by atoms with E-state index in [1.165, 1.54) is 0 Å². The summed E-state index contributed by atoms with van der Waals surface area (Å²) in [6, 6.07) is 3.61. The Morgan fingerprint density at radius 1 is 1.59 bits per heavy atom. The van der Waals surface area contributed by atoms with Gasteiger partial charge >= 0.3 is 0 Å². The van der Waals surface area contributed by atoms with Crippen molar-refractivity contribution in [3.8, 4) is 0 Å². The van der Waals surface area contributed by atoms with Crippen LogP contribution in [0.15, 0.2) is 23.5 Å². The van der Waals surface area contributed by atoms with Crippen molar-refractivity contribution < 1.29 is 5.21 Å². The van der Waals surface area contributed by atoms with Crippen molar-refractivity contribution >= 4 is 11.7 Å². The first-order valence-electron chi connectivity index (χ1n) is 5.71. The smallest absolute Gasteiger partial charge is 0.173 e. The molecule has 1 aliphatic heterocycles. The standard InChI is InChI=1S/C12H18N4O/c1-12(2)5-7-16(8-12)11-9(10(13)15-17)4-3-6-14-11/h3-4,6,17H,5,7-8H2,1-2H3,(H2,13,15). The molecule has 17 heavy (non-hydrogen) atoms. The lowest BCUT2D eigenvalue weighted by Crippen LogP contribution is -2.27. The number of anilines is 1. The summed E-state index contributed by atoms with van der Waals surface area (Å²) in [6.07, 6.45) is 2.86. The van der Waals surface area contributed by atoms with Gasteiger partial charge in [-0.05, 0) is 24.0 Å². The fourth-order valence-corrected chi connectivity index (χ4v) is 2.20. The van der Waals surface area contributed by atoms with Gasteiger partial charge in [-0.1, -0.05) is 19.0 Å². The van der Waals surface area contributed by atoms with Crippen LogP contribution in [0.3, 0.4) is 0 Å². The molecule has 1 saturated heterocycles. The fourth-order valence-electron chi connectivity index (χ4n) is 2.20. The summed E-state index contributed by atoms with van der Waals surface area (Å²) < 4.78 is 0. The lowest BCUT2D eigenvalue weighted by molar-refractivity contribution is 0.318. The molecule has 0 aromatic carbocycles. The van der Waals surface area contributed by atoms with Gasteiger partial charge < -0.3 is 15.8 Å². The monoisotopic (exact) mass is 234 g/mol. The SMILES string of the molecule is CC1(C)CCN(c2ncccc2C(N)=NO)C1. The topological polar surface area (TPSA) is 74.7 Å². The molecule has 0 aliphatic carbocycles. The molecule has 0 unspecified atom stereocenters. The Morgan fingerprint density at radius 3 is 2.94 bits per heavy atom. The highest BCUT2D eigenvalue weighted by Gasteiger charge is 2.31. The summed E-state index contributed by atoms with van der Waals surface area (Å²) in [5.74, 6) is 0.909. The van der Waals surface area contributed by atoms with Gasteiger partial charge in [-0.25, -0.2) is 4.98 Å². The first-order chi connectivity index (χ1) is 8.03. The van der Waals surface area contributed by atoms with E-state index in [9.17, 15) is 0 Å². The Labute approximate surface area is 101 Å². The lowest BCUT2D eigenvalue weighted by Gasteiger charge is -2.22. The van der Waals surface area contributed by atoms with Crippen molar-refractivity contribution in [2.24, 2.45) is 16.3 Å². The van der Waals surface area contributed by atoms with Gasteiger partial charge in [-0.15, -0.1) is 0 Å². The van der Waals surface area contributed by atoms with Crippen LogP contribution in [0.2, 0.25) is 0 Å². The highest BCUT2D eigenvalue weighted by atomic mass is 16.4. The number of pyridine rings is 1. The maximum absolute atomic E-state index is 8.77. The maximum atomic E-state index is 8.77. The molecule has 92 valence electrons. The molecule has 0 spiro atoms. The first kappa shape index (κ1) is 11.7. The lowest BCUT2D eigenvalue weighted by atomic mass is 9.93. The second-order valence-corrected chi connectivity index (χ2v) is 5.20. The third-order valence-electron chi connectivity index (χ3n) is 3.15. The van der Waals surface area contributed by atoms with Crippen molar-refractivity contribution in [2.45, 2.75) is 20.3 Å². The zero-order valence-corrected chi connectivity index (χ0v) is 10.2. The molecule has 1 aliphatic rings. The predicted octanol–water partition coefficient (Wildman–Crippen LogP) is 1.41. The van der Waals surface area contributed by atoms with Gasteiger partial charge in [0.05, 0.1) is 5.56 Å². The van der Waals surface area contributed by atoms with Crippen LogP contribution in [0.25, 0.3) is 0 Å². The molecule has 1 aromatic rings. The number of oxime groups is 1. The summed E-state index contributed by atoms with van der Waals surface area (Å²) in [6.45, 7) is 6.36. The van der Waals surface area contributed by atoms with E-state index in [1.807, 2.05) is 6.07 Å². The fraction of sp³-hybridized carbons (Fsp3) is 0.500. The van der Waals surface area contributed by atoms with E-state index in [0.29, 0.717) is 11.0 Å². The highest BCUT2D eigenvalue weighted by molar-refractivity contribution is 6.01. The predicted molar refractivity (Wildman–Crippen MR) is 67.4 cm³/mol. The van der Waals surface area contributed by atoms with E-state index >= 15 is 0 Å². The zero-order valence-electron chi connectivity index (χ0n) is 10.2. The Morgan fingerprint density at radius 2 is 2.35 bits per heavy atom. The van der Waals surface area contributed by atoms with E-state index in [1.54, 1.807) is 12.3 Å². The van der Waals surface area contributed by atoms with Gasteiger partial charge in [0.1, 0.15) is 5.82 Å². The second kappa shape index (κ2) is 4.24. The molecule has 0 saturated carbocycles. The largest absolute Gasteiger partial charge is 0.409 e. The Kier molecular flexibility index (Phi) is 2.92. The minimum Gasteiger partial charge on any atom is -0.409 e. The molecular formula is C12H18N4O. The van der Waals surface area contributed by atoms with Gasteiger partial charge in [0, 0.05) is 19.3 Å². The van der Waals surface area contributed by atoms with Gasteiger partial charge in [0.15, 0.2) is 5.84 Å². The van der Waals surface area contributed by atoms with E-state index < -0.39 is 0 Å². The molecule has 2 rings (SSSR count). The van der Waals surface area contributed by atoms with E-state index in [4.69, 9.17) is 10.9 Å². The van der Waals surface area contributed by atoms with Crippen LogP contribution in [0.1, 0.15) is 25.8 Å². The van der Waals surface area contributed by atoms with Gasteiger partial charge in [-0.3, -0.25) is 0 Å². The van der Waals surface area contributed by atoms with Crippen LogP contribution in [-0.2, 0) is 0 Å². The second-order valence-electron chi connectivity index (χ2n) is 5.20. The maximum Gasteiger partial charge on any atom is 0.173 e. The van der Waals surface area contributed by atoms with Crippen LogP contribution >= 0.6 is 0 Å². The number of nitrogens with two attached hydrogens (primary N) is 1. The van der Waals surface area contributed by atoms with E-state index in [0.717, 1.165) is 25.3 Å². The van der Waals surface area contributed by atoms with Crippen LogP contribution < -0.4 is 10.6 Å². The molecule has 3 N–H and O–H groups in total. The number of aromatic nitrogens is 1. The minimum absolute atomic E-state index is 0.109. The molecular weight excluding hydrogens is 216 g/mol.